The van der Waals surface area contributed by atoms with Gasteiger partial charge in [0.05, 0.1) is 0 Å². The van der Waals surface area contributed by atoms with Gasteiger partial charge in [0.25, 0.3) is 0 Å². The first-order valence-electron chi connectivity index (χ1n) is 4.70. The fourth-order valence-corrected chi connectivity index (χ4v) is 1.59. The summed E-state index contributed by atoms with van der Waals surface area (Å²) in [5.41, 5.74) is 0. The summed E-state index contributed by atoms with van der Waals surface area (Å²) in [6, 6.07) is 0. The molecule has 0 spiro atoms. The van der Waals surface area contributed by atoms with Crippen molar-refractivity contribution in [2.75, 3.05) is 24.7 Å². The molecule has 0 aromatic rings. The SMILES string of the molecule is C#CCCC(=O)NCCSCCCO. The molecule has 80 valence electrons. The molecule has 0 aliphatic rings. The molecule has 0 radical (unpaired) electrons. The average Bonchev–Trinajstić information content (AvgIpc) is 2.20. The van der Waals surface area contributed by atoms with E-state index in [4.69, 9.17) is 11.5 Å². The van der Waals surface area contributed by atoms with Crippen molar-refractivity contribution in [2.24, 2.45) is 0 Å². The summed E-state index contributed by atoms with van der Waals surface area (Å²) in [6.07, 6.45) is 6.76. The van der Waals surface area contributed by atoms with E-state index in [1.807, 2.05) is 0 Å². The second-order valence-electron chi connectivity index (χ2n) is 2.74. The third-order valence-corrected chi connectivity index (χ3v) is 2.58. The highest BCUT2D eigenvalue weighted by Gasteiger charge is 1.97. The van der Waals surface area contributed by atoms with Crippen LogP contribution in [0.3, 0.4) is 0 Å². The number of hydrogen-bond donors (Lipinski definition) is 2. The van der Waals surface area contributed by atoms with E-state index >= 15 is 0 Å². The summed E-state index contributed by atoms with van der Waals surface area (Å²) in [4.78, 5) is 11.0. The molecular weight excluding hydrogens is 198 g/mol. The number of hydrogen-bond acceptors (Lipinski definition) is 3. The second kappa shape index (κ2) is 10.4. The van der Waals surface area contributed by atoms with Crippen LogP contribution in [0.5, 0.6) is 0 Å². The Morgan fingerprint density at radius 2 is 2.29 bits per heavy atom. The van der Waals surface area contributed by atoms with E-state index in [0.29, 0.717) is 19.4 Å². The lowest BCUT2D eigenvalue weighted by molar-refractivity contribution is -0.120. The fraction of sp³-hybridized carbons (Fsp3) is 0.700. The van der Waals surface area contributed by atoms with Crippen LogP contribution in [0.15, 0.2) is 0 Å². The van der Waals surface area contributed by atoms with Crippen molar-refractivity contribution in [3.63, 3.8) is 0 Å². The molecule has 0 atom stereocenters. The predicted molar refractivity (Wildman–Crippen MR) is 60.1 cm³/mol. The average molecular weight is 215 g/mol. The fourth-order valence-electron chi connectivity index (χ4n) is 0.805. The van der Waals surface area contributed by atoms with Gasteiger partial charge in [0.15, 0.2) is 0 Å². The van der Waals surface area contributed by atoms with Crippen LogP contribution in [0.1, 0.15) is 19.3 Å². The quantitative estimate of drug-likeness (QED) is 0.461. The van der Waals surface area contributed by atoms with Gasteiger partial charge in [-0.3, -0.25) is 4.79 Å². The third kappa shape index (κ3) is 9.43. The molecule has 0 unspecified atom stereocenters. The lowest BCUT2D eigenvalue weighted by Gasteiger charge is -2.03. The van der Waals surface area contributed by atoms with E-state index < -0.39 is 0 Å². The second-order valence-corrected chi connectivity index (χ2v) is 3.97. The Morgan fingerprint density at radius 3 is 2.93 bits per heavy atom. The van der Waals surface area contributed by atoms with Crippen molar-refractivity contribution in [1.29, 1.82) is 0 Å². The van der Waals surface area contributed by atoms with Gasteiger partial charge in [0.2, 0.25) is 5.91 Å². The standard InChI is InChI=1S/C10H17NO2S/c1-2-3-5-10(13)11-6-9-14-8-4-7-12/h1,12H,3-9H2,(H,11,13). The lowest BCUT2D eigenvalue weighted by atomic mass is 10.3. The maximum absolute atomic E-state index is 11.0. The van der Waals surface area contributed by atoms with Crippen molar-refractivity contribution in [2.45, 2.75) is 19.3 Å². The van der Waals surface area contributed by atoms with E-state index in [-0.39, 0.29) is 12.5 Å². The van der Waals surface area contributed by atoms with Crippen molar-refractivity contribution >= 4 is 17.7 Å². The number of terminal acetylenes is 1. The Labute approximate surface area is 89.7 Å². The minimum atomic E-state index is 0.0192. The molecule has 0 aliphatic carbocycles. The van der Waals surface area contributed by atoms with Crippen LogP contribution in [0.4, 0.5) is 0 Å². The van der Waals surface area contributed by atoms with E-state index in [1.165, 1.54) is 0 Å². The smallest absolute Gasteiger partial charge is 0.220 e. The number of aliphatic hydroxyl groups is 1. The first kappa shape index (κ1) is 13.3. The first-order chi connectivity index (χ1) is 6.81. The highest BCUT2D eigenvalue weighted by Crippen LogP contribution is 2.00. The van der Waals surface area contributed by atoms with Gasteiger partial charge in [0.1, 0.15) is 0 Å². The maximum Gasteiger partial charge on any atom is 0.220 e. The molecule has 0 saturated carbocycles. The van der Waals surface area contributed by atoms with Crippen molar-refractivity contribution in [1.82, 2.24) is 5.32 Å². The molecule has 2 N–H and O–H groups in total. The Hall–Kier alpha value is -0.660. The van der Waals surface area contributed by atoms with Crippen LogP contribution in [-0.4, -0.2) is 35.7 Å². The predicted octanol–water partition coefficient (Wildman–Crippen LogP) is 0.632. The van der Waals surface area contributed by atoms with Crippen LogP contribution < -0.4 is 5.32 Å². The molecule has 0 aromatic heterocycles. The summed E-state index contributed by atoms with van der Waals surface area (Å²) < 4.78 is 0. The molecule has 0 rings (SSSR count). The molecule has 0 bridgehead atoms. The molecule has 0 fully saturated rings. The summed E-state index contributed by atoms with van der Waals surface area (Å²) in [5.74, 6) is 4.27. The monoisotopic (exact) mass is 215 g/mol. The normalized spacial score (nSPS) is 9.43. The summed E-state index contributed by atoms with van der Waals surface area (Å²) in [7, 11) is 0. The van der Waals surface area contributed by atoms with Gasteiger partial charge in [-0.1, -0.05) is 0 Å². The van der Waals surface area contributed by atoms with Crippen molar-refractivity contribution in [3.05, 3.63) is 0 Å². The number of carbonyl (C=O) groups excluding carboxylic acids is 1. The number of thioether (sulfide) groups is 1. The van der Waals surface area contributed by atoms with Gasteiger partial charge in [-0.05, 0) is 12.2 Å². The van der Waals surface area contributed by atoms with E-state index in [2.05, 4.69) is 11.2 Å². The first-order valence-corrected chi connectivity index (χ1v) is 5.85. The van der Waals surface area contributed by atoms with Crippen LogP contribution in [0.2, 0.25) is 0 Å². The maximum atomic E-state index is 11.0. The molecule has 1 amide bonds. The van der Waals surface area contributed by atoms with Crippen LogP contribution in [-0.2, 0) is 4.79 Å². The van der Waals surface area contributed by atoms with Gasteiger partial charge >= 0.3 is 0 Å². The van der Waals surface area contributed by atoms with Gasteiger partial charge in [-0.2, -0.15) is 11.8 Å². The number of rotatable bonds is 8. The van der Waals surface area contributed by atoms with E-state index in [1.54, 1.807) is 11.8 Å². The molecule has 0 heterocycles. The Kier molecular flexibility index (Phi) is 9.93. The molecular formula is C10H17NO2S. The minimum absolute atomic E-state index is 0.0192. The van der Waals surface area contributed by atoms with Crippen molar-refractivity contribution in [3.8, 4) is 12.3 Å². The summed E-state index contributed by atoms with van der Waals surface area (Å²) in [5, 5.41) is 11.3. The van der Waals surface area contributed by atoms with Crippen molar-refractivity contribution < 1.29 is 9.90 Å². The molecule has 3 nitrogen and oxygen atoms in total. The van der Waals surface area contributed by atoms with E-state index in [0.717, 1.165) is 17.9 Å². The summed E-state index contributed by atoms with van der Waals surface area (Å²) >= 11 is 1.73. The van der Waals surface area contributed by atoms with E-state index in [9.17, 15) is 4.79 Å². The Balaban J connectivity index is 3.11. The minimum Gasteiger partial charge on any atom is -0.396 e. The zero-order valence-electron chi connectivity index (χ0n) is 8.29. The van der Waals surface area contributed by atoms with Crippen LogP contribution >= 0.6 is 11.8 Å². The van der Waals surface area contributed by atoms with Gasteiger partial charge in [-0.25, -0.2) is 0 Å². The van der Waals surface area contributed by atoms with Gasteiger partial charge < -0.3 is 10.4 Å². The Bertz CT molecular complexity index is 189. The zero-order valence-corrected chi connectivity index (χ0v) is 9.11. The highest BCUT2D eigenvalue weighted by molar-refractivity contribution is 7.99. The summed E-state index contributed by atoms with van der Waals surface area (Å²) in [6.45, 7) is 0.918. The number of aliphatic hydroxyl groups excluding tert-OH is 1. The highest BCUT2D eigenvalue weighted by atomic mass is 32.2. The zero-order chi connectivity index (χ0) is 10.6. The number of nitrogens with one attached hydrogen (secondary N) is 1. The third-order valence-electron chi connectivity index (χ3n) is 1.51. The lowest BCUT2D eigenvalue weighted by Crippen LogP contribution is -2.25. The van der Waals surface area contributed by atoms with Crippen LogP contribution in [0, 0.1) is 12.3 Å². The van der Waals surface area contributed by atoms with Crippen LogP contribution in [0.25, 0.3) is 0 Å². The number of amides is 1. The Morgan fingerprint density at radius 1 is 1.50 bits per heavy atom. The topological polar surface area (TPSA) is 49.3 Å². The largest absolute Gasteiger partial charge is 0.396 e. The molecule has 4 heteroatoms. The molecule has 0 aromatic carbocycles. The molecule has 0 aliphatic heterocycles. The van der Waals surface area contributed by atoms with Gasteiger partial charge in [-0.15, -0.1) is 12.3 Å². The van der Waals surface area contributed by atoms with Gasteiger partial charge in [0, 0.05) is 31.7 Å². The molecule has 0 saturated heterocycles. The molecule has 14 heavy (non-hydrogen) atoms. The number of carbonyl (C=O) groups is 1.